The fourth-order valence-corrected chi connectivity index (χ4v) is 1.52. The average Bonchev–Trinajstić information content (AvgIpc) is 2.09. The number of pyridine rings is 1. The molecule has 0 fully saturated rings. The smallest absolute Gasteiger partial charge is 0.160 e. The van der Waals surface area contributed by atoms with Crippen molar-refractivity contribution in [3.05, 3.63) is 27.5 Å². The first-order valence-electron chi connectivity index (χ1n) is 3.82. The topological polar surface area (TPSA) is 36.7 Å². The highest BCUT2D eigenvalue weighted by Gasteiger charge is 2.12. The van der Waals surface area contributed by atoms with Crippen LogP contribution in [0.25, 0.3) is 0 Å². The van der Waals surface area contributed by atoms with Gasteiger partial charge in [0.05, 0.1) is 10.0 Å². The fourth-order valence-electron chi connectivity index (χ4n) is 0.959. The van der Waals surface area contributed by atoms with Crippen LogP contribution < -0.4 is 0 Å². The number of nitrogens with zero attached hydrogens (tertiary/aromatic N) is 2. The number of nitriles is 1. The lowest BCUT2D eigenvalue weighted by Gasteiger charge is -2.08. The van der Waals surface area contributed by atoms with Gasteiger partial charge in [-0.2, -0.15) is 5.26 Å². The first-order valence-corrected chi connectivity index (χ1v) is 4.57. The second-order valence-corrected chi connectivity index (χ2v) is 3.71. The molecule has 0 saturated heterocycles. The molecular formula is C9H8Cl2N2. The van der Waals surface area contributed by atoms with Gasteiger partial charge in [-0.25, -0.2) is 4.98 Å². The van der Waals surface area contributed by atoms with Gasteiger partial charge in [-0.05, 0) is 11.5 Å². The van der Waals surface area contributed by atoms with Gasteiger partial charge in [0.2, 0.25) is 0 Å². The van der Waals surface area contributed by atoms with Gasteiger partial charge in [0.25, 0.3) is 0 Å². The molecular weight excluding hydrogens is 207 g/mol. The summed E-state index contributed by atoms with van der Waals surface area (Å²) in [4.78, 5) is 3.90. The van der Waals surface area contributed by atoms with Crippen molar-refractivity contribution in [2.45, 2.75) is 19.8 Å². The van der Waals surface area contributed by atoms with Crippen LogP contribution in [-0.2, 0) is 0 Å². The fraction of sp³-hybridized carbons (Fsp3) is 0.333. The van der Waals surface area contributed by atoms with Crippen molar-refractivity contribution >= 4 is 23.2 Å². The summed E-state index contributed by atoms with van der Waals surface area (Å²) in [7, 11) is 0. The van der Waals surface area contributed by atoms with Crippen LogP contribution in [-0.4, -0.2) is 4.98 Å². The third-order valence-electron chi connectivity index (χ3n) is 1.71. The van der Waals surface area contributed by atoms with Crippen molar-refractivity contribution in [3.8, 4) is 6.07 Å². The van der Waals surface area contributed by atoms with Gasteiger partial charge < -0.3 is 0 Å². The van der Waals surface area contributed by atoms with Gasteiger partial charge in [-0.3, -0.25) is 0 Å². The first-order chi connectivity index (χ1) is 6.07. The van der Waals surface area contributed by atoms with Gasteiger partial charge in [-0.15, -0.1) is 0 Å². The molecule has 4 heteroatoms. The molecule has 0 aliphatic heterocycles. The van der Waals surface area contributed by atoms with Gasteiger partial charge in [0.1, 0.15) is 6.07 Å². The van der Waals surface area contributed by atoms with Crippen molar-refractivity contribution in [3.63, 3.8) is 0 Å². The van der Waals surface area contributed by atoms with Gasteiger partial charge in [0.15, 0.2) is 5.69 Å². The average molecular weight is 215 g/mol. The van der Waals surface area contributed by atoms with Crippen LogP contribution >= 0.6 is 23.2 Å². The molecule has 0 atom stereocenters. The normalized spacial score (nSPS) is 10.2. The van der Waals surface area contributed by atoms with Crippen LogP contribution in [0.2, 0.25) is 10.0 Å². The van der Waals surface area contributed by atoms with Crippen molar-refractivity contribution in [2.24, 2.45) is 0 Å². The standard InChI is InChI=1S/C9H8Cl2N2/c1-5(2)6-4-13-7(3-12)9(11)8(6)10/h4-5H,1-2H3. The Labute approximate surface area is 87.1 Å². The predicted octanol–water partition coefficient (Wildman–Crippen LogP) is 3.38. The van der Waals surface area contributed by atoms with E-state index in [4.69, 9.17) is 28.5 Å². The van der Waals surface area contributed by atoms with E-state index in [2.05, 4.69) is 4.98 Å². The molecule has 1 rings (SSSR count). The van der Waals surface area contributed by atoms with Crippen molar-refractivity contribution < 1.29 is 0 Å². The van der Waals surface area contributed by atoms with Gasteiger partial charge in [0, 0.05) is 6.20 Å². The van der Waals surface area contributed by atoms with Crippen LogP contribution in [0.3, 0.4) is 0 Å². The van der Waals surface area contributed by atoms with E-state index in [1.165, 1.54) is 0 Å². The number of rotatable bonds is 1. The summed E-state index contributed by atoms with van der Waals surface area (Å²) in [6, 6.07) is 1.87. The molecule has 1 heterocycles. The van der Waals surface area contributed by atoms with Crippen molar-refractivity contribution in [1.29, 1.82) is 5.26 Å². The zero-order valence-corrected chi connectivity index (χ0v) is 8.82. The zero-order chi connectivity index (χ0) is 10.0. The lowest BCUT2D eigenvalue weighted by atomic mass is 10.1. The quantitative estimate of drug-likeness (QED) is 0.719. The van der Waals surface area contributed by atoms with Crippen LogP contribution in [0.15, 0.2) is 6.20 Å². The first kappa shape index (κ1) is 10.3. The minimum atomic E-state index is 0.177. The Morgan fingerprint density at radius 2 is 2.00 bits per heavy atom. The molecule has 0 N–H and O–H groups in total. The number of hydrogen-bond acceptors (Lipinski definition) is 2. The molecule has 0 aliphatic rings. The van der Waals surface area contributed by atoms with E-state index in [9.17, 15) is 0 Å². The Hall–Kier alpha value is -0.780. The molecule has 1 aromatic rings. The van der Waals surface area contributed by atoms with E-state index in [1.54, 1.807) is 6.20 Å². The summed E-state index contributed by atoms with van der Waals surface area (Å²) in [5.41, 5.74) is 1.04. The van der Waals surface area contributed by atoms with Crippen LogP contribution in [0, 0.1) is 11.3 Å². The molecule has 2 nitrogen and oxygen atoms in total. The monoisotopic (exact) mass is 214 g/mol. The van der Waals surface area contributed by atoms with Crippen LogP contribution in [0.5, 0.6) is 0 Å². The molecule has 1 aromatic heterocycles. The van der Waals surface area contributed by atoms with E-state index in [0.29, 0.717) is 5.02 Å². The maximum atomic E-state index is 8.62. The molecule has 0 aliphatic carbocycles. The largest absolute Gasteiger partial charge is 0.244 e. The lowest BCUT2D eigenvalue weighted by molar-refractivity contribution is 0.857. The molecule has 0 bridgehead atoms. The minimum Gasteiger partial charge on any atom is -0.244 e. The summed E-state index contributed by atoms with van der Waals surface area (Å²) in [6.45, 7) is 3.98. The Kier molecular flexibility index (Phi) is 3.13. The molecule has 68 valence electrons. The molecule has 0 amide bonds. The number of hydrogen-bond donors (Lipinski definition) is 0. The summed E-state index contributed by atoms with van der Waals surface area (Å²) in [5, 5.41) is 9.30. The van der Waals surface area contributed by atoms with Crippen LogP contribution in [0.1, 0.15) is 31.0 Å². The maximum Gasteiger partial charge on any atom is 0.160 e. The Bertz CT molecular complexity index is 367. The molecule has 0 unspecified atom stereocenters. The van der Waals surface area contributed by atoms with Gasteiger partial charge >= 0.3 is 0 Å². The molecule has 13 heavy (non-hydrogen) atoms. The van der Waals surface area contributed by atoms with E-state index in [1.807, 2.05) is 19.9 Å². The third kappa shape index (κ3) is 1.93. The lowest BCUT2D eigenvalue weighted by Crippen LogP contribution is -1.94. The zero-order valence-electron chi connectivity index (χ0n) is 7.31. The number of halogens is 2. The highest BCUT2D eigenvalue weighted by molar-refractivity contribution is 6.43. The second-order valence-electron chi connectivity index (χ2n) is 2.96. The molecule has 0 radical (unpaired) electrons. The second kappa shape index (κ2) is 3.95. The van der Waals surface area contributed by atoms with Crippen molar-refractivity contribution in [1.82, 2.24) is 4.98 Å². The third-order valence-corrected chi connectivity index (χ3v) is 2.59. The SMILES string of the molecule is CC(C)c1cnc(C#N)c(Cl)c1Cl. The van der Waals surface area contributed by atoms with E-state index in [-0.39, 0.29) is 16.6 Å². The Morgan fingerprint density at radius 3 is 2.46 bits per heavy atom. The predicted molar refractivity (Wildman–Crippen MR) is 53.1 cm³/mol. The molecule has 0 spiro atoms. The summed E-state index contributed by atoms with van der Waals surface area (Å²) in [5.74, 6) is 0.255. The molecule has 0 saturated carbocycles. The summed E-state index contributed by atoms with van der Waals surface area (Å²) in [6.07, 6.45) is 1.59. The number of aromatic nitrogens is 1. The van der Waals surface area contributed by atoms with E-state index >= 15 is 0 Å². The highest BCUT2D eigenvalue weighted by atomic mass is 35.5. The minimum absolute atomic E-state index is 0.177. The molecule has 0 aromatic carbocycles. The van der Waals surface area contributed by atoms with Crippen molar-refractivity contribution in [2.75, 3.05) is 0 Å². The van der Waals surface area contributed by atoms with E-state index in [0.717, 1.165) is 5.56 Å². The summed E-state index contributed by atoms with van der Waals surface area (Å²) >= 11 is 11.8. The van der Waals surface area contributed by atoms with Gasteiger partial charge in [-0.1, -0.05) is 37.0 Å². The Morgan fingerprint density at radius 1 is 1.38 bits per heavy atom. The Balaban J connectivity index is 3.33. The summed E-state index contributed by atoms with van der Waals surface area (Å²) < 4.78 is 0. The van der Waals surface area contributed by atoms with Crippen LogP contribution in [0.4, 0.5) is 0 Å². The van der Waals surface area contributed by atoms with E-state index < -0.39 is 0 Å². The highest BCUT2D eigenvalue weighted by Crippen LogP contribution is 2.31. The maximum absolute atomic E-state index is 8.62.